The molecule has 0 radical (unpaired) electrons. The summed E-state index contributed by atoms with van der Waals surface area (Å²) in [7, 11) is 1.79. The molecule has 0 aliphatic carbocycles. The zero-order valence-electron chi connectivity index (χ0n) is 14.1. The average molecular weight is 347 g/mol. The zero-order chi connectivity index (χ0) is 18.0. The Bertz CT molecular complexity index is 1070. The van der Waals surface area contributed by atoms with Crippen LogP contribution in [0, 0.1) is 23.0 Å². The van der Waals surface area contributed by atoms with Crippen LogP contribution < -0.4 is 5.56 Å². The summed E-state index contributed by atoms with van der Waals surface area (Å²) in [5.74, 6) is 0. The van der Waals surface area contributed by atoms with Gasteiger partial charge in [0.2, 0.25) is 0 Å². The fraction of sp³-hybridized carbons (Fsp3) is 0.150. The van der Waals surface area contributed by atoms with Gasteiger partial charge in [0.05, 0.1) is 12.2 Å². The number of nitriles is 1. The van der Waals surface area contributed by atoms with Gasteiger partial charge in [-0.05, 0) is 30.3 Å². The molecule has 0 fully saturated rings. The molecule has 0 saturated heterocycles. The maximum atomic E-state index is 12.9. The lowest BCUT2D eigenvalue weighted by Gasteiger charge is -2.16. The molecule has 1 heterocycles. The van der Waals surface area contributed by atoms with Crippen molar-refractivity contribution in [1.29, 1.82) is 5.26 Å². The highest BCUT2D eigenvalue weighted by Gasteiger charge is 2.17. The first-order valence-electron chi connectivity index (χ1n) is 7.88. The monoisotopic (exact) mass is 347 g/mol. The van der Waals surface area contributed by atoms with Crippen LogP contribution in [0.25, 0.3) is 11.3 Å². The van der Waals surface area contributed by atoms with Crippen molar-refractivity contribution in [2.75, 3.05) is 0 Å². The lowest BCUT2D eigenvalue weighted by Crippen LogP contribution is -2.28. The number of nitrogens with zero attached hydrogens (tertiary/aromatic N) is 3. The van der Waals surface area contributed by atoms with E-state index in [0.29, 0.717) is 17.0 Å². The molecule has 0 aliphatic heterocycles. The topological polar surface area (TPSA) is 50.7 Å². The fourth-order valence-corrected chi connectivity index (χ4v) is 3.06. The van der Waals surface area contributed by atoms with Crippen molar-refractivity contribution in [1.82, 2.24) is 9.13 Å². The molecule has 3 aromatic rings. The second kappa shape index (κ2) is 6.88. The van der Waals surface area contributed by atoms with Crippen LogP contribution in [0.5, 0.6) is 0 Å². The Balaban J connectivity index is 2.24. The quantitative estimate of drug-likeness (QED) is 0.677. The predicted octanol–water partition coefficient (Wildman–Crippen LogP) is 3.81. The van der Waals surface area contributed by atoms with E-state index in [0.717, 1.165) is 16.7 Å². The first-order chi connectivity index (χ1) is 12.0. The highest BCUT2D eigenvalue weighted by molar-refractivity contribution is 7.71. The van der Waals surface area contributed by atoms with Gasteiger partial charge >= 0.3 is 0 Å². The van der Waals surface area contributed by atoms with E-state index in [2.05, 4.69) is 6.07 Å². The van der Waals surface area contributed by atoms with Crippen molar-refractivity contribution in [3.63, 3.8) is 0 Å². The molecule has 4 nitrogen and oxygen atoms in total. The molecular weight excluding hydrogens is 330 g/mol. The van der Waals surface area contributed by atoms with Crippen molar-refractivity contribution in [2.24, 2.45) is 7.05 Å². The summed E-state index contributed by atoms with van der Waals surface area (Å²) in [5, 5.41) is 9.61. The minimum atomic E-state index is -0.356. The highest BCUT2D eigenvalue weighted by Crippen LogP contribution is 2.22. The molecule has 0 unspecified atom stereocenters. The summed E-state index contributed by atoms with van der Waals surface area (Å²) < 4.78 is 3.60. The number of aromatic nitrogens is 2. The van der Waals surface area contributed by atoms with Crippen LogP contribution in [-0.4, -0.2) is 9.13 Å². The summed E-state index contributed by atoms with van der Waals surface area (Å²) in [5.41, 5.74) is 3.19. The van der Waals surface area contributed by atoms with E-state index in [1.165, 1.54) is 4.57 Å². The van der Waals surface area contributed by atoms with Crippen molar-refractivity contribution in [3.05, 3.63) is 86.4 Å². The van der Waals surface area contributed by atoms with Crippen LogP contribution in [0.2, 0.25) is 0 Å². The molecule has 0 amide bonds. The number of hydrogen-bond acceptors (Lipinski definition) is 3. The van der Waals surface area contributed by atoms with Gasteiger partial charge in [-0.1, -0.05) is 60.2 Å². The van der Waals surface area contributed by atoms with E-state index < -0.39 is 0 Å². The van der Waals surface area contributed by atoms with Crippen LogP contribution in [0.4, 0.5) is 0 Å². The molecule has 0 spiro atoms. The fourth-order valence-electron chi connectivity index (χ4n) is 2.82. The molecular formula is C20H17N3OS. The molecule has 0 aliphatic rings. The number of benzene rings is 2. The van der Waals surface area contributed by atoms with Gasteiger partial charge in [-0.3, -0.25) is 9.36 Å². The minimum Gasteiger partial charge on any atom is -0.320 e. The molecule has 0 bridgehead atoms. The third kappa shape index (κ3) is 3.17. The molecule has 2 aromatic carbocycles. The van der Waals surface area contributed by atoms with Gasteiger partial charge in [-0.15, -0.1) is 0 Å². The lowest BCUT2D eigenvalue weighted by atomic mass is 10.1. The third-order valence-electron chi connectivity index (χ3n) is 4.17. The largest absolute Gasteiger partial charge is 0.320 e. The summed E-state index contributed by atoms with van der Waals surface area (Å²) >= 11 is 5.52. The first-order valence-corrected chi connectivity index (χ1v) is 8.28. The molecule has 0 saturated carbocycles. The Kier molecular flexibility index (Phi) is 4.64. The van der Waals surface area contributed by atoms with Gasteiger partial charge in [-0.2, -0.15) is 5.26 Å². The number of rotatable bonds is 3. The Morgan fingerprint density at radius 1 is 1.08 bits per heavy atom. The van der Waals surface area contributed by atoms with Crippen LogP contribution >= 0.6 is 12.2 Å². The van der Waals surface area contributed by atoms with Gasteiger partial charge in [-0.25, -0.2) is 0 Å². The minimum absolute atomic E-state index is 0.107. The summed E-state index contributed by atoms with van der Waals surface area (Å²) in [6, 6.07) is 19.4. The van der Waals surface area contributed by atoms with Crippen LogP contribution in [0.15, 0.2) is 59.4 Å². The SMILES string of the molecule is Cc1ccc(-c2c(C#N)c(=O)n(Cc3ccccc3)c(=S)n2C)cc1. The van der Waals surface area contributed by atoms with Crippen LogP contribution in [0.1, 0.15) is 16.7 Å². The van der Waals surface area contributed by atoms with Crippen molar-refractivity contribution < 1.29 is 0 Å². The Hall–Kier alpha value is -2.97. The Morgan fingerprint density at radius 3 is 2.32 bits per heavy atom. The van der Waals surface area contributed by atoms with Gasteiger partial charge in [0.15, 0.2) is 4.77 Å². The molecule has 1 aromatic heterocycles. The van der Waals surface area contributed by atoms with E-state index in [1.54, 1.807) is 11.6 Å². The van der Waals surface area contributed by atoms with E-state index in [4.69, 9.17) is 12.2 Å². The van der Waals surface area contributed by atoms with Crippen molar-refractivity contribution in [3.8, 4) is 17.3 Å². The van der Waals surface area contributed by atoms with Crippen molar-refractivity contribution >= 4 is 12.2 Å². The van der Waals surface area contributed by atoms with E-state index in [1.807, 2.05) is 61.5 Å². The Morgan fingerprint density at radius 2 is 1.72 bits per heavy atom. The summed E-state index contributed by atoms with van der Waals surface area (Å²) in [6.07, 6.45) is 0. The summed E-state index contributed by atoms with van der Waals surface area (Å²) in [6.45, 7) is 2.33. The van der Waals surface area contributed by atoms with E-state index in [-0.39, 0.29) is 11.1 Å². The van der Waals surface area contributed by atoms with Crippen molar-refractivity contribution in [2.45, 2.75) is 13.5 Å². The Labute approximate surface area is 151 Å². The van der Waals surface area contributed by atoms with Gasteiger partial charge in [0.1, 0.15) is 11.6 Å². The summed E-state index contributed by atoms with van der Waals surface area (Å²) in [4.78, 5) is 12.9. The second-order valence-electron chi connectivity index (χ2n) is 5.92. The van der Waals surface area contributed by atoms with E-state index >= 15 is 0 Å². The molecule has 5 heteroatoms. The molecule has 0 atom stereocenters. The van der Waals surface area contributed by atoms with Crippen LogP contribution in [0.3, 0.4) is 0 Å². The maximum Gasteiger partial charge on any atom is 0.273 e. The molecule has 0 N–H and O–H groups in total. The van der Waals surface area contributed by atoms with E-state index in [9.17, 15) is 10.1 Å². The average Bonchev–Trinajstić information content (AvgIpc) is 2.63. The van der Waals surface area contributed by atoms with Gasteiger partial charge in [0, 0.05) is 7.05 Å². The predicted molar refractivity (Wildman–Crippen MR) is 101 cm³/mol. The maximum absolute atomic E-state index is 12.9. The normalized spacial score (nSPS) is 10.4. The lowest BCUT2D eigenvalue weighted by molar-refractivity contribution is 0.668. The highest BCUT2D eigenvalue weighted by atomic mass is 32.1. The second-order valence-corrected chi connectivity index (χ2v) is 6.29. The third-order valence-corrected chi connectivity index (χ3v) is 4.66. The first kappa shape index (κ1) is 16.9. The standard InChI is InChI=1S/C20H17N3OS/c1-14-8-10-16(11-9-14)18-17(12-21)19(24)23(20(25)22(18)2)13-15-6-4-3-5-7-15/h3-11H,13H2,1-2H3. The van der Waals surface area contributed by atoms with Crippen LogP contribution in [-0.2, 0) is 13.6 Å². The van der Waals surface area contributed by atoms with Gasteiger partial charge < -0.3 is 4.57 Å². The number of hydrogen-bond donors (Lipinski definition) is 0. The zero-order valence-corrected chi connectivity index (χ0v) is 14.9. The molecule has 3 rings (SSSR count). The number of aryl methyl sites for hydroxylation is 1. The molecule has 124 valence electrons. The van der Waals surface area contributed by atoms with Gasteiger partial charge in [0.25, 0.3) is 5.56 Å². The molecule has 25 heavy (non-hydrogen) atoms. The smallest absolute Gasteiger partial charge is 0.273 e.